The predicted molar refractivity (Wildman–Crippen MR) is 109 cm³/mol. The van der Waals surface area contributed by atoms with Crippen molar-refractivity contribution in [3.8, 4) is 0 Å². The zero-order valence-corrected chi connectivity index (χ0v) is 16.1. The van der Waals surface area contributed by atoms with Crippen LogP contribution in [0, 0.1) is 0 Å². The Morgan fingerprint density at radius 3 is 2.73 bits per heavy atom. The van der Waals surface area contributed by atoms with Gasteiger partial charge in [0.2, 0.25) is 0 Å². The molecule has 4 rings (SSSR count). The lowest BCUT2D eigenvalue weighted by atomic mass is 9.85. The van der Waals surface area contributed by atoms with Gasteiger partial charge in [-0.05, 0) is 35.7 Å². The Labute approximate surface area is 158 Å². The number of hydrogen-bond acceptors (Lipinski definition) is 4. The van der Waals surface area contributed by atoms with E-state index in [-0.39, 0.29) is 15.9 Å². The predicted octanol–water partition coefficient (Wildman–Crippen LogP) is 4.53. The summed E-state index contributed by atoms with van der Waals surface area (Å²) in [5.74, 6) is 0. The topological polar surface area (TPSA) is 44.7 Å². The normalized spacial score (nSPS) is 21.2. The van der Waals surface area contributed by atoms with Gasteiger partial charge in [-0.25, -0.2) is 5.43 Å². The number of thioether (sulfide) groups is 1. The van der Waals surface area contributed by atoms with Crippen LogP contribution in [0.4, 0.5) is 10.5 Å². The molecular weight excluding hydrogens is 342 g/mol. The lowest BCUT2D eigenvalue weighted by Crippen LogP contribution is -2.30. The lowest BCUT2D eigenvalue weighted by Gasteiger charge is -2.22. The van der Waals surface area contributed by atoms with Crippen molar-refractivity contribution < 1.29 is 4.79 Å². The van der Waals surface area contributed by atoms with Crippen LogP contribution in [0.5, 0.6) is 0 Å². The molecule has 0 saturated heterocycles. The number of nitrogens with one attached hydrogen (secondary N) is 1. The summed E-state index contributed by atoms with van der Waals surface area (Å²) < 4.78 is 0. The van der Waals surface area contributed by atoms with Gasteiger partial charge in [0.15, 0.2) is 0 Å². The molecule has 2 aliphatic rings. The largest absolute Gasteiger partial charge is 0.366 e. The Morgan fingerprint density at radius 2 is 2.00 bits per heavy atom. The maximum absolute atomic E-state index is 11.5. The highest BCUT2D eigenvalue weighted by Gasteiger charge is 2.36. The molecule has 0 radical (unpaired) electrons. The highest BCUT2D eigenvalue weighted by Crippen LogP contribution is 2.42. The highest BCUT2D eigenvalue weighted by atomic mass is 32.2. The molecule has 0 fully saturated rings. The number of nitrogens with zero attached hydrogens (tertiary/aromatic N) is 2. The Morgan fingerprint density at radius 1 is 1.23 bits per heavy atom. The van der Waals surface area contributed by atoms with E-state index >= 15 is 0 Å². The first-order chi connectivity index (χ1) is 12.4. The molecule has 2 aliphatic heterocycles. The van der Waals surface area contributed by atoms with Gasteiger partial charge in [-0.3, -0.25) is 4.79 Å². The van der Waals surface area contributed by atoms with Crippen molar-refractivity contribution in [2.24, 2.45) is 5.10 Å². The number of hydrogen-bond donors (Lipinski definition) is 1. The van der Waals surface area contributed by atoms with Gasteiger partial charge < -0.3 is 4.90 Å². The number of hydrazone groups is 1. The summed E-state index contributed by atoms with van der Waals surface area (Å²) in [6.07, 6.45) is 0. The van der Waals surface area contributed by atoms with Gasteiger partial charge >= 0.3 is 0 Å². The number of anilines is 1. The minimum atomic E-state index is -0.0863. The fourth-order valence-electron chi connectivity index (χ4n) is 3.84. The third kappa shape index (κ3) is 3.12. The quantitative estimate of drug-likeness (QED) is 0.869. The Kier molecular flexibility index (Phi) is 4.27. The average molecular weight is 366 g/mol. The van der Waals surface area contributed by atoms with Crippen LogP contribution in [0.15, 0.2) is 53.6 Å². The average Bonchev–Trinajstić information content (AvgIpc) is 2.86. The number of carbonyl (C=O) groups is 1. The number of fused-ring (bicyclic) bond motifs is 1. The van der Waals surface area contributed by atoms with E-state index in [0.29, 0.717) is 0 Å². The van der Waals surface area contributed by atoms with Crippen LogP contribution < -0.4 is 10.3 Å². The third-order valence-electron chi connectivity index (χ3n) is 5.10. The van der Waals surface area contributed by atoms with Crippen molar-refractivity contribution in [2.75, 3.05) is 11.4 Å². The van der Waals surface area contributed by atoms with E-state index in [2.05, 4.69) is 77.8 Å². The molecule has 5 heteroatoms. The molecule has 4 nitrogen and oxygen atoms in total. The molecular formula is C21H23N3OS. The van der Waals surface area contributed by atoms with Crippen LogP contribution >= 0.6 is 11.8 Å². The van der Waals surface area contributed by atoms with E-state index < -0.39 is 0 Å². The van der Waals surface area contributed by atoms with Gasteiger partial charge in [-0.2, -0.15) is 5.10 Å². The highest BCUT2D eigenvalue weighted by molar-refractivity contribution is 8.14. The molecule has 0 aliphatic carbocycles. The third-order valence-corrected chi connectivity index (χ3v) is 5.98. The maximum Gasteiger partial charge on any atom is 0.299 e. The second-order valence-electron chi connectivity index (χ2n) is 7.61. The second kappa shape index (κ2) is 6.47. The molecule has 1 N–H and O–H groups in total. The van der Waals surface area contributed by atoms with Gasteiger partial charge in [0.1, 0.15) is 0 Å². The molecule has 0 spiro atoms. The fourth-order valence-corrected chi connectivity index (χ4v) is 4.56. The molecule has 1 amide bonds. The van der Waals surface area contributed by atoms with Crippen LogP contribution in [0.3, 0.4) is 0 Å². The first-order valence-electron chi connectivity index (χ1n) is 8.92. The zero-order valence-electron chi connectivity index (χ0n) is 15.3. The molecule has 2 aromatic rings. The Balaban J connectivity index is 1.67. The van der Waals surface area contributed by atoms with Crippen molar-refractivity contribution in [1.29, 1.82) is 0 Å². The van der Waals surface area contributed by atoms with Crippen LogP contribution in [0.25, 0.3) is 0 Å². The van der Waals surface area contributed by atoms with Crippen LogP contribution in [-0.2, 0) is 12.0 Å². The summed E-state index contributed by atoms with van der Waals surface area (Å²) in [7, 11) is 0. The van der Waals surface area contributed by atoms with Crippen molar-refractivity contribution in [3.05, 3.63) is 65.2 Å². The monoisotopic (exact) mass is 365 g/mol. The molecule has 1 atom stereocenters. The van der Waals surface area contributed by atoms with E-state index in [1.165, 1.54) is 28.6 Å². The van der Waals surface area contributed by atoms with Gasteiger partial charge in [-0.1, -0.05) is 62.0 Å². The van der Waals surface area contributed by atoms with Crippen LogP contribution in [-0.4, -0.2) is 22.7 Å². The summed E-state index contributed by atoms with van der Waals surface area (Å²) in [4.78, 5) is 14.0. The van der Waals surface area contributed by atoms with Crippen molar-refractivity contribution >= 4 is 28.4 Å². The standard InChI is InChI=1S/C21H23N3OS/c1-14-19(22-23-20(25)26-14)16-9-10-18-17(11-16)21(2,3)13-24(18)12-15-7-5-4-6-8-15/h4-11,14H,12-13H2,1-3H3,(H,23,25). The van der Waals surface area contributed by atoms with Gasteiger partial charge in [-0.15, -0.1) is 0 Å². The summed E-state index contributed by atoms with van der Waals surface area (Å²) in [6.45, 7) is 8.53. The number of rotatable bonds is 3. The molecule has 2 heterocycles. The maximum atomic E-state index is 11.5. The first kappa shape index (κ1) is 17.2. The van der Waals surface area contributed by atoms with Gasteiger partial charge in [0.05, 0.1) is 11.0 Å². The second-order valence-corrected chi connectivity index (χ2v) is 8.93. The van der Waals surface area contributed by atoms with Crippen molar-refractivity contribution in [2.45, 2.75) is 38.0 Å². The minimum Gasteiger partial charge on any atom is -0.366 e. The van der Waals surface area contributed by atoms with E-state index in [4.69, 9.17) is 0 Å². The molecule has 1 unspecified atom stereocenters. The lowest BCUT2D eigenvalue weighted by molar-refractivity contribution is 0.261. The molecule has 0 saturated carbocycles. The molecule has 2 aromatic carbocycles. The number of carbonyl (C=O) groups excluding carboxylic acids is 1. The van der Waals surface area contributed by atoms with Gasteiger partial charge in [0, 0.05) is 24.2 Å². The van der Waals surface area contributed by atoms with Crippen molar-refractivity contribution in [1.82, 2.24) is 5.43 Å². The van der Waals surface area contributed by atoms with E-state index in [1.54, 1.807) is 0 Å². The summed E-state index contributed by atoms with van der Waals surface area (Å²) >= 11 is 1.29. The Hall–Kier alpha value is -2.27. The summed E-state index contributed by atoms with van der Waals surface area (Å²) in [6, 6.07) is 17.2. The zero-order chi connectivity index (χ0) is 18.3. The number of benzene rings is 2. The van der Waals surface area contributed by atoms with Gasteiger partial charge in [0.25, 0.3) is 5.24 Å². The SMILES string of the molecule is CC1SC(=O)NN=C1c1ccc2c(c1)C(C)(C)CN2Cc1ccccc1. The van der Waals surface area contributed by atoms with Crippen molar-refractivity contribution in [3.63, 3.8) is 0 Å². The smallest absolute Gasteiger partial charge is 0.299 e. The number of amides is 1. The molecule has 26 heavy (non-hydrogen) atoms. The fraction of sp³-hybridized carbons (Fsp3) is 0.333. The molecule has 0 bridgehead atoms. The minimum absolute atomic E-state index is 0.0618. The molecule has 0 aromatic heterocycles. The summed E-state index contributed by atoms with van der Waals surface area (Å²) in [5, 5.41) is 4.28. The van der Waals surface area contributed by atoms with E-state index in [1.807, 2.05) is 6.92 Å². The summed E-state index contributed by atoms with van der Waals surface area (Å²) in [5.41, 5.74) is 8.67. The Bertz CT molecular complexity index is 876. The van der Waals surface area contributed by atoms with E-state index in [9.17, 15) is 4.79 Å². The molecule has 134 valence electrons. The van der Waals surface area contributed by atoms with E-state index in [0.717, 1.165) is 24.4 Å². The van der Waals surface area contributed by atoms with Crippen LogP contribution in [0.2, 0.25) is 0 Å². The van der Waals surface area contributed by atoms with Crippen LogP contribution in [0.1, 0.15) is 37.5 Å². The first-order valence-corrected chi connectivity index (χ1v) is 9.80.